The first-order chi connectivity index (χ1) is 7.79. The number of benzene rings is 1. The molecule has 5 heteroatoms. The maximum atomic E-state index is 10.9. The number of nitrogens with zero attached hydrogens (tertiary/aromatic N) is 1. The van der Waals surface area contributed by atoms with Crippen LogP contribution in [0.25, 0.3) is 0 Å². The largest absolute Gasteiger partial charge is 0.351 e. The molecular formula is C11H9N3O2. The van der Waals surface area contributed by atoms with E-state index < -0.39 is 0 Å². The van der Waals surface area contributed by atoms with Crippen molar-refractivity contribution in [2.45, 2.75) is 0 Å². The van der Waals surface area contributed by atoms with Crippen LogP contribution in [0.2, 0.25) is 0 Å². The summed E-state index contributed by atoms with van der Waals surface area (Å²) in [5.74, 6) is -0.601. The topological polar surface area (TPSA) is 74.8 Å². The van der Waals surface area contributed by atoms with Crippen LogP contribution in [0.3, 0.4) is 0 Å². The fraction of sp³-hybridized carbons (Fsp3) is 0. The smallest absolute Gasteiger partial charge is 0.258 e. The molecule has 0 atom stereocenters. The van der Waals surface area contributed by atoms with Crippen LogP contribution in [0, 0.1) is 0 Å². The second-order valence-corrected chi connectivity index (χ2v) is 3.09. The van der Waals surface area contributed by atoms with E-state index in [2.05, 4.69) is 15.3 Å². The number of H-pyrrole nitrogens is 1. The van der Waals surface area contributed by atoms with Gasteiger partial charge in [0.05, 0.1) is 17.5 Å². The van der Waals surface area contributed by atoms with Crippen molar-refractivity contribution >= 4 is 11.8 Å². The normalized spacial score (nSPS) is 12.5. The summed E-state index contributed by atoms with van der Waals surface area (Å²) in [7, 11) is 0. The van der Waals surface area contributed by atoms with Crippen LogP contribution >= 0.6 is 0 Å². The molecular weight excluding hydrogens is 206 g/mol. The number of nitrogens with one attached hydrogen (secondary N) is 2. The fourth-order valence-electron chi connectivity index (χ4n) is 1.33. The first-order valence-corrected chi connectivity index (χ1v) is 4.66. The van der Waals surface area contributed by atoms with E-state index in [1.807, 2.05) is 0 Å². The number of rotatable bonds is 0. The van der Waals surface area contributed by atoms with Gasteiger partial charge in [-0.2, -0.15) is 0 Å². The number of aromatic nitrogens is 2. The third kappa shape index (κ3) is 1.98. The molecule has 2 N–H and O–H groups in total. The number of fused-ring (bicyclic) bond motifs is 1. The maximum Gasteiger partial charge on any atom is 0.258 e. The number of carbonyl (C=O) groups excluding carboxylic acids is 2. The Bertz CT molecular complexity index is 455. The average molecular weight is 215 g/mol. The van der Waals surface area contributed by atoms with Crippen LogP contribution < -0.4 is 5.32 Å². The molecule has 0 fully saturated rings. The molecule has 0 unspecified atom stereocenters. The minimum absolute atomic E-state index is 0.300. The van der Waals surface area contributed by atoms with Gasteiger partial charge in [0.2, 0.25) is 0 Å². The van der Waals surface area contributed by atoms with Gasteiger partial charge in [0, 0.05) is 12.4 Å². The Kier molecular flexibility index (Phi) is 2.77. The lowest BCUT2D eigenvalue weighted by Gasteiger charge is -1.88. The summed E-state index contributed by atoms with van der Waals surface area (Å²) in [4.78, 5) is 28.3. The van der Waals surface area contributed by atoms with Gasteiger partial charge in [-0.25, -0.2) is 4.98 Å². The fourth-order valence-corrected chi connectivity index (χ4v) is 1.33. The number of carbonyl (C=O) groups is 2. The highest BCUT2D eigenvalue weighted by atomic mass is 16.2. The van der Waals surface area contributed by atoms with E-state index in [4.69, 9.17) is 0 Å². The van der Waals surface area contributed by atoms with Gasteiger partial charge in [-0.3, -0.25) is 14.9 Å². The Balaban J connectivity index is 0.000000162. The summed E-state index contributed by atoms with van der Waals surface area (Å²) >= 11 is 0. The molecule has 0 spiro atoms. The number of imidazole rings is 1. The first kappa shape index (κ1) is 10.1. The van der Waals surface area contributed by atoms with E-state index in [0.29, 0.717) is 11.1 Å². The highest BCUT2D eigenvalue weighted by Gasteiger charge is 2.25. The molecule has 2 aromatic rings. The molecule has 0 radical (unpaired) electrons. The average Bonchev–Trinajstić information content (AvgIpc) is 2.94. The quantitative estimate of drug-likeness (QED) is 0.643. The highest BCUT2D eigenvalue weighted by Crippen LogP contribution is 2.13. The SMILES string of the molecule is O=C1NC(=O)c2ccccc21.c1c[nH]cn1. The van der Waals surface area contributed by atoms with Crippen LogP contribution in [0.4, 0.5) is 0 Å². The van der Waals surface area contributed by atoms with Gasteiger partial charge >= 0.3 is 0 Å². The number of hydrogen-bond donors (Lipinski definition) is 2. The lowest BCUT2D eigenvalue weighted by atomic mass is 10.1. The van der Waals surface area contributed by atoms with E-state index in [0.717, 1.165) is 0 Å². The third-order valence-electron chi connectivity index (χ3n) is 2.05. The molecule has 0 saturated carbocycles. The monoisotopic (exact) mass is 215 g/mol. The van der Waals surface area contributed by atoms with Crippen LogP contribution in [-0.4, -0.2) is 21.8 Å². The summed E-state index contributed by atoms with van der Waals surface area (Å²) in [6, 6.07) is 6.74. The second kappa shape index (κ2) is 4.39. The molecule has 16 heavy (non-hydrogen) atoms. The predicted octanol–water partition coefficient (Wildman–Crippen LogP) is 0.980. The number of aromatic amines is 1. The van der Waals surface area contributed by atoms with Gasteiger partial charge in [-0.1, -0.05) is 12.1 Å². The van der Waals surface area contributed by atoms with E-state index >= 15 is 0 Å². The second-order valence-electron chi connectivity index (χ2n) is 3.09. The van der Waals surface area contributed by atoms with Crippen LogP contribution in [0.1, 0.15) is 20.7 Å². The van der Waals surface area contributed by atoms with Crippen molar-refractivity contribution in [2.24, 2.45) is 0 Å². The predicted molar refractivity (Wildman–Crippen MR) is 56.8 cm³/mol. The van der Waals surface area contributed by atoms with Crippen LogP contribution in [0.15, 0.2) is 43.0 Å². The molecule has 1 aromatic heterocycles. The molecule has 3 rings (SSSR count). The van der Waals surface area contributed by atoms with E-state index in [9.17, 15) is 9.59 Å². The molecule has 80 valence electrons. The van der Waals surface area contributed by atoms with Crippen molar-refractivity contribution in [3.8, 4) is 0 Å². The summed E-state index contributed by atoms with van der Waals surface area (Å²) in [6.45, 7) is 0. The molecule has 2 heterocycles. The van der Waals surface area contributed by atoms with Gasteiger partial charge < -0.3 is 4.98 Å². The van der Waals surface area contributed by atoms with Crippen LogP contribution in [0.5, 0.6) is 0 Å². The number of hydrogen-bond acceptors (Lipinski definition) is 3. The summed E-state index contributed by atoms with van der Waals surface area (Å²) in [5.41, 5.74) is 0.940. The molecule has 5 nitrogen and oxygen atoms in total. The maximum absolute atomic E-state index is 10.9. The zero-order valence-corrected chi connectivity index (χ0v) is 8.31. The van der Waals surface area contributed by atoms with Gasteiger partial charge in [-0.15, -0.1) is 0 Å². The Morgan fingerprint density at radius 3 is 2.00 bits per heavy atom. The van der Waals surface area contributed by atoms with Gasteiger partial charge in [0.25, 0.3) is 11.8 Å². The lowest BCUT2D eigenvalue weighted by Crippen LogP contribution is -2.19. The van der Waals surface area contributed by atoms with Gasteiger partial charge in [-0.05, 0) is 12.1 Å². The molecule has 0 aliphatic carbocycles. The van der Waals surface area contributed by atoms with Crippen molar-refractivity contribution in [3.63, 3.8) is 0 Å². The zero-order chi connectivity index (χ0) is 11.4. The van der Waals surface area contributed by atoms with Crippen molar-refractivity contribution in [3.05, 3.63) is 54.1 Å². The zero-order valence-electron chi connectivity index (χ0n) is 8.31. The number of imide groups is 1. The van der Waals surface area contributed by atoms with E-state index in [1.165, 1.54) is 0 Å². The Hall–Kier alpha value is -2.43. The van der Waals surface area contributed by atoms with Crippen molar-refractivity contribution in [1.29, 1.82) is 0 Å². The molecule has 0 saturated heterocycles. The van der Waals surface area contributed by atoms with Gasteiger partial charge in [0.1, 0.15) is 0 Å². The minimum atomic E-state index is -0.300. The summed E-state index contributed by atoms with van der Waals surface area (Å²) in [5, 5.41) is 2.20. The molecule has 0 bridgehead atoms. The third-order valence-corrected chi connectivity index (χ3v) is 2.05. The van der Waals surface area contributed by atoms with Crippen LogP contribution in [-0.2, 0) is 0 Å². The van der Waals surface area contributed by atoms with E-state index in [1.54, 1.807) is 43.0 Å². The van der Waals surface area contributed by atoms with Crippen molar-refractivity contribution < 1.29 is 9.59 Å². The molecule has 1 aliphatic heterocycles. The van der Waals surface area contributed by atoms with Crippen molar-refractivity contribution in [2.75, 3.05) is 0 Å². The van der Waals surface area contributed by atoms with E-state index in [-0.39, 0.29) is 11.8 Å². The Morgan fingerprint density at radius 1 is 1.00 bits per heavy atom. The molecule has 2 amide bonds. The standard InChI is InChI=1S/C8H5NO2.C3H4N2/c10-7-5-3-1-2-4-6(5)8(11)9-7;1-2-5-3-4-1/h1-4H,(H,9,10,11);1-3H,(H,4,5). The lowest BCUT2D eigenvalue weighted by molar-refractivity contribution is 0.0879. The highest BCUT2D eigenvalue weighted by molar-refractivity contribution is 6.21. The Morgan fingerprint density at radius 2 is 1.62 bits per heavy atom. The van der Waals surface area contributed by atoms with Crippen molar-refractivity contribution in [1.82, 2.24) is 15.3 Å². The summed E-state index contributed by atoms with van der Waals surface area (Å²) < 4.78 is 0. The minimum Gasteiger partial charge on any atom is -0.351 e. The molecule has 1 aliphatic rings. The Labute approximate surface area is 91.5 Å². The first-order valence-electron chi connectivity index (χ1n) is 4.66. The summed E-state index contributed by atoms with van der Waals surface area (Å²) in [6.07, 6.45) is 5.08. The number of amides is 2. The van der Waals surface area contributed by atoms with Gasteiger partial charge in [0.15, 0.2) is 0 Å². The molecule has 1 aromatic carbocycles.